The summed E-state index contributed by atoms with van der Waals surface area (Å²) in [5.41, 5.74) is 1.10. The second kappa shape index (κ2) is 6.25. The van der Waals surface area contributed by atoms with Gasteiger partial charge < -0.3 is 0 Å². The van der Waals surface area contributed by atoms with Gasteiger partial charge in [-0.15, -0.1) is 0 Å². The summed E-state index contributed by atoms with van der Waals surface area (Å²) in [6, 6.07) is 11.9. The van der Waals surface area contributed by atoms with Crippen molar-refractivity contribution in [3.05, 3.63) is 59.7 Å². The third-order valence-corrected chi connectivity index (χ3v) is 5.58. The molecule has 0 aliphatic carbocycles. The number of rotatable bonds is 5. The van der Waals surface area contributed by atoms with Crippen LogP contribution < -0.4 is 0 Å². The number of hydrogen-bond acceptors (Lipinski definition) is 5. The van der Waals surface area contributed by atoms with Crippen molar-refractivity contribution in [3.63, 3.8) is 0 Å². The maximum Gasteiger partial charge on any atom is 0.175 e. The predicted octanol–water partition coefficient (Wildman–Crippen LogP) is 1.92. The van der Waals surface area contributed by atoms with Gasteiger partial charge in [0.05, 0.1) is 9.79 Å². The van der Waals surface area contributed by atoms with Gasteiger partial charge >= 0.3 is 0 Å². The summed E-state index contributed by atoms with van der Waals surface area (Å²) < 4.78 is 45.5. The Balaban J connectivity index is 2.16. The van der Waals surface area contributed by atoms with Gasteiger partial charge in [0, 0.05) is 24.5 Å². The average molecular weight is 352 g/mol. The highest BCUT2D eigenvalue weighted by Crippen LogP contribution is 2.15. The Morgan fingerprint density at radius 3 is 1.52 bits per heavy atom. The van der Waals surface area contributed by atoms with E-state index in [9.17, 15) is 21.6 Å². The number of Topliss-reactive ketones (excluding diaryl/α,β-unsaturated/α-hetero) is 1. The second-order valence-corrected chi connectivity index (χ2v) is 9.34. The third kappa shape index (κ3) is 4.49. The van der Waals surface area contributed by atoms with Crippen LogP contribution in [0.25, 0.3) is 0 Å². The molecular weight excluding hydrogens is 336 g/mol. The fraction of sp³-hybridized carbons (Fsp3) is 0.188. The Hall–Kier alpha value is -1.99. The molecule has 0 fully saturated rings. The van der Waals surface area contributed by atoms with Crippen molar-refractivity contribution in [3.8, 4) is 0 Å². The Kier molecular flexibility index (Phi) is 4.72. The van der Waals surface area contributed by atoms with Crippen LogP contribution in [0, 0.1) is 0 Å². The van der Waals surface area contributed by atoms with E-state index in [-0.39, 0.29) is 22.0 Å². The Bertz CT molecular complexity index is 923. The quantitative estimate of drug-likeness (QED) is 0.768. The molecule has 0 amide bonds. The van der Waals surface area contributed by atoms with Crippen LogP contribution in [0.15, 0.2) is 58.3 Å². The molecule has 0 aromatic heterocycles. The fourth-order valence-corrected chi connectivity index (χ4v) is 3.29. The Morgan fingerprint density at radius 1 is 0.739 bits per heavy atom. The van der Waals surface area contributed by atoms with Crippen molar-refractivity contribution < 1.29 is 21.6 Å². The van der Waals surface area contributed by atoms with E-state index >= 15 is 0 Å². The molecule has 2 aromatic rings. The molecule has 0 saturated heterocycles. The van der Waals surface area contributed by atoms with Gasteiger partial charge in [-0.05, 0) is 29.8 Å². The smallest absolute Gasteiger partial charge is 0.175 e. The maximum atomic E-state index is 12.2. The molecule has 0 bridgehead atoms. The summed E-state index contributed by atoms with van der Waals surface area (Å²) in [6.07, 6.45) is 2.34. The zero-order valence-corrected chi connectivity index (χ0v) is 14.3. The first-order chi connectivity index (χ1) is 10.6. The molecule has 0 saturated carbocycles. The summed E-state index contributed by atoms with van der Waals surface area (Å²) in [5.74, 6) is -0.169. The van der Waals surface area contributed by atoms with E-state index < -0.39 is 19.7 Å². The van der Waals surface area contributed by atoms with Crippen LogP contribution >= 0.6 is 0 Å². The molecule has 2 rings (SSSR count). The van der Waals surface area contributed by atoms with Crippen molar-refractivity contribution in [2.24, 2.45) is 0 Å². The van der Waals surface area contributed by atoms with Gasteiger partial charge in [0.1, 0.15) is 0 Å². The maximum absolute atomic E-state index is 12.2. The second-order valence-electron chi connectivity index (χ2n) is 5.31. The summed E-state index contributed by atoms with van der Waals surface area (Å²) >= 11 is 0. The Morgan fingerprint density at radius 2 is 1.13 bits per heavy atom. The van der Waals surface area contributed by atoms with E-state index in [1.807, 2.05) is 0 Å². The van der Waals surface area contributed by atoms with Gasteiger partial charge in [-0.2, -0.15) is 0 Å². The standard InChI is InChI=1S/C16H16O5S2/c1-22(18,19)14-7-3-12(4-8-14)11-16(17)13-5-9-15(10-6-13)23(2,20)21/h3-10H,11H2,1-2H3. The lowest BCUT2D eigenvalue weighted by atomic mass is 10.0. The van der Waals surface area contributed by atoms with Gasteiger partial charge in [-0.25, -0.2) is 16.8 Å². The number of hydrogen-bond donors (Lipinski definition) is 0. The largest absolute Gasteiger partial charge is 0.294 e. The number of sulfone groups is 2. The summed E-state index contributed by atoms with van der Waals surface area (Å²) in [6.45, 7) is 0. The average Bonchev–Trinajstić information content (AvgIpc) is 2.46. The van der Waals surface area contributed by atoms with E-state index in [1.54, 1.807) is 12.1 Å². The molecule has 5 nitrogen and oxygen atoms in total. The van der Waals surface area contributed by atoms with Crippen LogP contribution in [0.2, 0.25) is 0 Å². The third-order valence-electron chi connectivity index (χ3n) is 3.32. The van der Waals surface area contributed by atoms with Crippen LogP contribution in [0.1, 0.15) is 15.9 Å². The number of carbonyl (C=O) groups is 1. The lowest BCUT2D eigenvalue weighted by molar-refractivity contribution is 0.0993. The zero-order valence-electron chi connectivity index (χ0n) is 12.7. The van der Waals surface area contributed by atoms with Gasteiger partial charge in [0.2, 0.25) is 0 Å². The molecule has 7 heteroatoms. The van der Waals surface area contributed by atoms with Crippen molar-refractivity contribution >= 4 is 25.5 Å². The predicted molar refractivity (Wildman–Crippen MR) is 87.1 cm³/mol. The molecule has 122 valence electrons. The van der Waals surface area contributed by atoms with Crippen molar-refractivity contribution in [1.82, 2.24) is 0 Å². The van der Waals surface area contributed by atoms with Gasteiger partial charge in [0.15, 0.2) is 25.5 Å². The molecule has 0 heterocycles. The zero-order chi connectivity index (χ0) is 17.3. The minimum atomic E-state index is -3.29. The van der Waals surface area contributed by atoms with Crippen molar-refractivity contribution in [1.29, 1.82) is 0 Å². The highest BCUT2D eigenvalue weighted by molar-refractivity contribution is 7.91. The van der Waals surface area contributed by atoms with E-state index in [4.69, 9.17) is 0 Å². The molecule has 0 atom stereocenters. The summed E-state index contributed by atoms with van der Waals surface area (Å²) in [4.78, 5) is 12.5. The molecule has 2 aromatic carbocycles. The van der Waals surface area contributed by atoms with Crippen LogP contribution in [0.4, 0.5) is 0 Å². The SMILES string of the molecule is CS(=O)(=O)c1ccc(CC(=O)c2ccc(S(C)(=O)=O)cc2)cc1. The van der Waals surface area contributed by atoms with Gasteiger partial charge in [-0.1, -0.05) is 24.3 Å². The van der Waals surface area contributed by atoms with E-state index in [0.717, 1.165) is 12.5 Å². The topological polar surface area (TPSA) is 85.3 Å². The normalized spacial score (nSPS) is 12.1. The minimum Gasteiger partial charge on any atom is -0.294 e. The van der Waals surface area contributed by atoms with Gasteiger partial charge in [0.25, 0.3) is 0 Å². The summed E-state index contributed by atoms with van der Waals surface area (Å²) in [5, 5.41) is 0. The molecule has 0 N–H and O–H groups in total. The monoisotopic (exact) mass is 352 g/mol. The first-order valence-electron chi connectivity index (χ1n) is 6.70. The molecule has 0 spiro atoms. The first kappa shape index (κ1) is 17.4. The lowest BCUT2D eigenvalue weighted by Crippen LogP contribution is -2.05. The van der Waals surface area contributed by atoms with Crippen molar-refractivity contribution in [2.45, 2.75) is 16.2 Å². The Labute approximate surface area is 135 Å². The first-order valence-corrected chi connectivity index (χ1v) is 10.5. The molecule has 0 aliphatic heterocycles. The van der Waals surface area contributed by atoms with E-state index in [2.05, 4.69) is 0 Å². The van der Waals surface area contributed by atoms with E-state index in [0.29, 0.717) is 11.1 Å². The minimum absolute atomic E-state index is 0.113. The van der Waals surface area contributed by atoms with Crippen LogP contribution in [0.3, 0.4) is 0 Å². The molecular formula is C16H16O5S2. The highest BCUT2D eigenvalue weighted by Gasteiger charge is 2.12. The molecule has 0 aliphatic rings. The van der Waals surface area contributed by atoms with Crippen LogP contribution in [-0.4, -0.2) is 35.1 Å². The number of ketones is 1. The summed E-state index contributed by atoms with van der Waals surface area (Å²) in [7, 11) is -6.55. The number of benzene rings is 2. The number of carbonyl (C=O) groups excluding carboxylic acids is 1. The highest BCUT2D eigenvalue weighted by atomic mass is 32.2. The molecule has 23 heavy (non-hydrogen) atoms. The van der Waals surface area contributed by atoms with Gasteiger partial charge in [-0.3, -0.25) is 4.79 Å². The molecule has 0 radical (unpaired) electrons. The van der Waals surface area contributed by atoms with Crippen LogP contribution in [-0.2, 0) is 26.1 Å². The molecule has 0 unspecified atom stereocenters. The van der Waals surface area contributed by atoms with Crippen LogP contribution in [0.5, 0.6) is 0 Å². The fourth-order valence-electron chi connectivity index (χ4n) is 2.03. The van der Waals surface area contributed by atoms with E-state index in [1.165, 1.54) is 36.4 Å². The van der Waals surface area contributed by atoms with Crippen molar-refractivity contribution in [2.75, 3.05) is 12.5 Å². The lowest BCUT2D eigenvalue weighted by Gasteiger charge is -2.04.